The number of rotatable bonds is 2. The molecule has 0 unspecified atom stereocenters. The lowest BCUT2D eigenvalue weighted by Crippen LogP contribution is -2.24. The number of likely N-dealkylation sites (N-methyl/N-ethyl adjacent to an activating group) is 1. The molecular weight excluding hydrogens is 260 g/mol. The third-order valence-corrected chi connectivity index (χ3v) is 4.13. The van der Waals surface area contributed by atoms with E-state index in [1.54, 1.807) is 18.3 Å². The Morgan fingerprint density at radius 1 is 1.14 bits per heavy atom. The summed E-state index contributed by atoms with van der Waals surface area (Å²) in [6, 6.07) is 13.7. The van der Waals surface area contributed by atoms with Gasteiger partial charge in [-0.2, -0.15) is 0 Å². The summed E-state index contributed by atoms with van der Waals surface area (Å²) in [6.07, 6.45) is 3.35. The molecule has 2 heterocycles. The smallest absolute Gasteiger partial charge is 0.205 e. The van der Waals surface area contributed by atoms with Crippen molar-refractivity contribution >= 4 is 11.5 Å². The number of nitrogens with zero attached hydrogens (tertiary/aromatic N) is 2. The first-order valence-corrected chi connectivity index (χ1v) is 7.02. The van der Waals surface area contributed by atoms with Crippen molar-refractivity contribution < 1.29 is 4.79 Å². The van der Waals surface area contributed by atoms with Crippen molar-refractivity contribution in [1.29, 1.82) is 0 Å². The normalized spacial score (nSPS) is 17.9. The van der Waals surface area contributed by atoms with E-state index in [-0.39, 0.29) is 11.2 Å². The molecular formula is C18H18N2O. The van der Waals surface area contributed by atoms with E-state index in [0.29, 0.717) is 5.69 Å². The Morgan fingerprint density at radius 2 is 1.86 bits per heavy atom. The maximum atomic E-state index is 12.4. The lowest BCUT2D eigenvalue weighted by Gasteiger charge is -2.23. The van der Waals surface area contributed by atoms with E-state index >= 15 is 0 Å². The molecule has 0 aliphatic carbocycles. The quantitative estimate of drug-likeness (QED) is 0.622. The highest BCUT2D eigenvalue weighted by Gasteiger charge is 2.38. The number of ketones is 1. The molecule has 1 aliphatic heterocycles. The molecule has 0 saturated carbocycles. The van der Waals surface area contributed by atoms with Crippen molar-refractivity contribution in [1.82, 2.24) is 4.98 Å². The number of carbonyl (C=O) groups excluding carboxylic acids is 1. The maximum Gasteiger partial charge on any atom is 0.205 e. The summed E-state index contributed by atoms with van der Waals surface area (Å²) in [6.45, 7) is 4.29. The van der Waals surface area contributed by atoms with Crippen molar-refractivity contribution in [2.45, 2.75) is 19.3 Å². The second-order valence-corrected chi connectivity index (χ2v) is 5.81. The first-order chi connectivity index (χ1) is 10.0. The monoisotopic (exact) mass is 278 g/mol. The molecule has 2 aromatic rings. The average Bonchev–Trinajstić information content (AvgIpc) is 2.70. The van der Waals surface area contributed by atoms with Crippen LogP contribution >= 0.6 is 0 Å². The minimum Gasteiger partial charge on any atom is -0.347 e. The molecule has 0 bridgehead atoms. The standard InChI is InChI=1S/C18H18N2O/c1-18(2)13-8-4-5-10-15(13)20(3)17(18)12-16(21)14-9-6-7-11-19-14/h4-12H,1-3H3/b17-12-. The minimum absolute atomic E-state index is 0.0571. The minimum atomic E-state index is -0.185. The molecule has 0 spiro atoms. The van der Waals surface area contributed by atoms with E-state index in [9.17, 15) is 4.79 Å². The van der Waals surface area contributed by atoms with Crippen LogP contribution in [0.15, 0.2) is 60.4 Å². The topological polar surface area (TPSA) is 33.2 Å². The first kappa shape index (κ1) is 13.6. The molecule has 0 fully saturated rings. The zero-order valence-electron chi connectivity index (χ0n) is 12.5. The van der Waals surface area contributed by atoms with Crippen molar-refractivity contribution in [3.8, 4) is 0 Å². The molecule has 3 heteroatoms. The predicted molar refractivity (Wildman–Crippen MR) is 84.5 cm³/mol. The number of hydrogen-bond acceptors (Lipinski definition) is 3. The van der Waals surface area contributed by atoms with Crippen LogP contribution in [0, 0.1) is 0 Å². The van der Waals surface area contributed by atoms with Gasteiger partial charge < -0.3 is 4.90 Å². The van der Waals surface area contributed by atoms with Crippen LogP contribution in [0.2, 0.25) is 0 Å². The number of pyridine rings is 1. The zero-order valence-corrected chi connectivity index (χ0v) is 12.5. The Bertz CT molecular complexity index is 717. The van der Waals surface area contributed by atoms with Crippen LogP contribution in [0.3, 0.4) is 0 Å². The van der Waals surface area contributed by atoms with Gasteiger partial charge in [-0.3, -0.25) is 9.78 Å². The summed E-state index contributed by atoms with van der Waals surface area (Å²) in [5, 5.41) is 0. The third kappa shape index (κ3) is 2.15. The van der Waals surface area contributed by atoms with Gasteiger partial charge in [-0.05, 0) is 23.8 Å². The Morgan fingerprint density at radius 3 is 2.52 bits per heavy atom. The Hall–Kier alpha value is -2.42. The summed E-state index contributed by atoms with van der Waals surface area (Å²) in [7, 11) is 2.01. The predicted octanol–water partition coefficient (Wildman–Crippen LogP) is 3.58. The van der Waals surface area contributed by atoms with Gasteiger partial charge in [0.1, 0.15) is 5.69 Å². The van der Waals surface area contributed by atoms with Gasteiger partial charge in [0.15, 0.2) is 0 Å². The molecule has 1 aliphatic rings. The van der Waals surface area contributed by atoms with Gasteiger partial charge in [0, 0.05) is 36.1 Å². The van der Waals surface area contributed by atoms with E-state index in [2.05, 4.69) is 35.9 Å². The van der Waals surface area contributed by atoms with E-state index in [1.165, 1.54) is 5.56 Å². The highest BCUT2D eigenvalue weighted by molar-refractivity contribution is 6.04. The molecule has 106 valence electrons. The Kier molecular flexibility index (Phi) is 3.13. The molecule has 0 saturated heterocycles. The molecule has 0 atom stereocenters. The largest absolute Gasteiger partial charge is 0.347 e. The average molecular weight is 278 g/mol. The Labute approximate surface area is 124 Å². The number of fused-ring (bicyclic) bond motifs is 1. The highest BCUT2D eigenvalue weighted by atomic mass is 16.1. The fourth-order valence-electron chi connectivity index (χ4n) is 2.97. The first-order valence-electron chi connectivity index (χ1n) is 7.02. The van der Waals surface area contributed by atoms with E-state index in [1.807, 2.05) is 31.3 Å². The second kappa shape index (κ2) is 4.85. The van der Waals surface area contributed by atoms with E-state index in [0.717, 1.165) is 11.4 Å². The van der Waals surface area contributed by atoms with Gasteiger partial charge in [-0.15, -0.1) is 0 Å². The fraction of sp³-hybridized carbons (Fsp3) is 0.222. The van der Waals surface area contributed by atoms with Crippen molar-refractivity contribution in [2.75, 3.05) is 11.9 Å². The SMILES string of the molecule is CN1/C(=C\C(=O)c2ccccn2)C(C)(C)c2ccccc21. The number of hydrogen-bond donors (Lipinski definition) is 0. The third-order valence-electron chi connectivity index (χ3n) is 4.13. The van der Waals surface area contributed by atoms with Crippen molar-refractivity contribution in [3.63, 3.8) is 0 Å². The number of anilines is 1. The van der Waals surface area contributed by atoms with Gasteiger partial charge in [-0.25, -0.2) is 0 Å². The number of para-hydroxylation sites is 1. The van der Waals surface area contributed by atoms with Gasteiger partial charge in [0.25, 0.3) is 0 Å². The van der Waals surface area contributed by atoms with Gasteiger partial charge in [-0.1, -0.05) is 38.1 Å². The molecule has 21 heavy (non-hydrogen) atoms. The van der Waals surface area contributed by atoms with Crippen molar-refractivity contribution in [3.05, 3.63) is 71.7 Å². The van der Waals surface area contributed by atoms with Crippen molar-refractivity contribution in [2.24, 2.45) is 0 Å². The number of aromatic nitrogens is 1. The van der Waals surface area contributed by atoms with Crippen LogP contribution in [0.1, 0.15) is 29.9 Å². The van der Waals surface area contributed by atoms with Crippen LogP contribution in [-0.2, 0) is 5.41 Å². The van der Waals surface area contributed by atoms with Gasteiger partial charge >= 0.3 is 0 Å². The van der Waals surface area contributed by atoms with Gasteiger partial charge in [0.05, 0.1) is 0 Å². The lowest BCUT2D eigenvalue weighted by atomic mass is 9.83. The molecule has 0 amide bonds. The fourth-order valence-corrected chi connectivity index (χ4v) is 2.97. The summed E-state index contributed by atoms with van der Waals surface area (Å²) in [5.74, 6) is -0.0571. The van der Waals surface area contributed by atoms with Crippen LogP contribution in [0.25, 0.3) is 0 Å². The maximum absolute atomic E-state index is 12.4. The number of benzene rings is 1. The Balaban J connectivity index is 2.04. The number of carbonyl (C=O) groups is 1. The molecule has 0 N–H and O–H groups in total. The molecule has 1 aromatic carbocycles. The molecule has 1 aromatic heterocycles. The van der Waals surface area contributed by atoms with Crippen LogP contribution < -0.4 is 4.90 Å². The molecule has 3 nitrogen and oxygen atoms in total. The summed E-state index contributed by atoms with van der Waals surface area (Å²) in [4.78, 5) is 18.6. The van der Waals surface area contributed by atoms with Crippen LogP contribution in [-0.4, -0.2) is 17.8 Å². The lowest BCUT2D eigenvalue weighted by molar-refractivity contribution is 0.104. The van der Waals surface area contributed by atoms with Crippen LogP contribution in [0.4, 0.5) is 5.69 Å². The zero-order chi connectivity index (χ0) is 15.0. The summed E-state index contributed by atoms with van der Waals surface area (Å²) in [5.41, 5.74) is 3.69. The number of allylic oxidation sites excluding steroid dienone is 2. The highest BCUT2D eigenvalue weighted by Crippen LogP contribution is 2.46. The summed E-state index contributed by atoms with van der Waals surface area (Å²) >= 11 is 0. The second-order valence-electron chi connectivity index (χ2n) is 5.81. The molecule has 0 radical (unpaired) electrons. The van der Waals surface area contributed by atoms with Gasteiger partial charge in [0.2, 0.25) is 5.78 Å². The van der Waals surface area contributed by atoms with E-state index < -0.39 is 0 Å². The van der Waals surface area contributed by atoms with Crippen LogP contribution in [0.5, 0.6) is 0 Å². The summed E-state index contributed by atoms with van der Waals surface area (Å²) < 4.78 is 0. The van der Waals surface area contributed by atoms with E-state index in [4.69, 9.17) is 0 Å². The molecule has 3 rings (SSSR count).